The van der Waals surface area contributed by atoms with Crippen molar-refractivity contribution in [2.24, 2.45) is 17.3 Å². The van der Waals surface area contributed by atoms with Crippen molar-refractivity contribution in [1.82, 2.24) is 4.98 Å². The van der Waals surface area contributed by atoms with Gasteiger partial charge in [-0.3, -0.25) is 4.79 Å². The number of aryl methyl sites for hydroxylation is 1. The molecular formula is C20H26N2O3S. The van der Waals surface area contributed by atoms with E-state index in [1.165, 1.54) is 18.4 Å². The Kier molecular flexibility index (Phi) is 5.23. The summed E-state index contributed by atoms with van der Waals surface area (Å²) in [5.74, 6) is 0.622. The summed E-state index contributed by atoms with van der Waals surface area (Å²) in [5, 5.41) is 16.2. The van der Waals surface area contributed by atoms with Gasteiger partial charge in [0.05, 0.1) is 18.2 Å². The Morgan fingerprint density at radius 3 is 2.96 bits per heavy atom. The van der Waals surface area contributed by atoms with E-state index in [1.807, 2.05) is 31.4 Å². The zero-order valence-corrected chi connectivity index (χ0v) is 16.5. The molecule has 3 rings (SSSR count). The quantitative estimate of drug-likeness (QED) is 0.756. The number of aromatic hydroxyl groups is 1. The Labute approximate surface area is 158 Å². The van der Waals surface area contributed by atoms with Crippen LogP contribution in [0.15, 0.2) is 23.6 Å². The lowest BCUT2D eigenvalue weighted by atomic mass is 9.74. The molecule has 140 valence electrons. The molecule has 0 spiro atoms. The third kappa shape index (κ3) is 3.30. The molecule has 1 aliphatic carbocycles. The van der Waals surface area contributed by atoms with E-state index in [9.17, 15) is 9.90 Å². The maximum atomic E-state index is 12.3. The first kappa shape index (κ1) is 18.7. The van der Waals surface area contributed by atoms with E-state index in [1.54, 1.807) is 6.07 Å². The number of methoxy groups -OCH3 is 1. The molecule has 2 N–H and O–H groups in total. The number of aromatic nitrogens is 1. The Morgan fingerprint density at radius 1 is 1.46 bits per heavy atom. The summed E-state index contributed by atoms with van der Waals surface area (Å²) in [6, 6.07) is 5.50. The van der Waals surface area contributed by atoms with Gasteiger partial charge >= 0.3 is 5.97 Å². The normalized spacial score (nSPS) is 25.2. The molecule has 1 aromatic heterocycles. The van der Waals surface area contributed by atoms with Crippen LogP contribution in [-0.2, 0) is 9.53 Å². The zero-order valence-electron chi connectivity index (χ0n) is 15.7. The highest BCUT2D eigenvalue weighted by Gasteiger charge is 2.50. The molecule has 0 saturated heterocycles. The first-order chi connectivity index (χ1) is 12.4. The molecule has 1 fully saturated rings. The lowest BCUT2D eigenvalue weighted by molar-refractivity contribution is -0.156. The van der Waals surface area contributed by atoms with Gasteiger partial charge in [0.25, 0.3) is 0 Å². The second-order valence-electron chi connectivity index (χ2n) is 7.39. The van der Waals surface area contributed by atoms with Crippen LogP contribution >= 0.6 is 11.3 Å². The number of carbonyl (C=O) groups is 1. The smallest absolute Gasteiger partial charge is 0.312 e. The van der Waals surface area contributed by atoms with Gasteiger partial charge in [-0.25, -0.2) is 4.98 Å². The predicted molar refractivity (Wildman–Crippen MR) is 104 cm³/mol. The van der Waals surface area contributed by atoms with E-state index in [0.717, 1.165) is 34.8 Å². The molecule has 3 atom stereocenters. The highest BCUT2D eigenvalue weighted by molar-refractivity contribution is 7.14. The summed E-state index contributed by atoms with van der Waals surface area (Å²) in [7, 11) is 1.46. The SMILES string of the molecule is COC(=O)C1(C)C(CNc2nc(-c3cc(C)ccc3O)cs2)CC[C@H]1C. The van der Waals surface area contributed by atoms with Gasteiger partial charge in [-0.2, -0.15) is 0 Å². The van der Waals surface area contributed by atoms with Crippen molar-refractivity contribution >= 4 is 22.4 Å². The summed E-state index contributed by atoms with van der Waals surface area (Å²) < 4.78 is 5.07. The number of benzene rings is 1. The van der Waals surface area contributed by atoms with Crippen LogP contribution in [0.5, 0.6) is 5.75 Å². The van der Waals surface area contributed by atoms with Crippen molar-refractivity contribution in [2.45, 2.75) is 33.6 Å². The zero-order chi connectivity index (χ0) is 18.9. The van der Waals surface area contributed by atoms with Crippen molar-refractivity contribution in [3.05, 3.63) is 29.1 Å². The summed E-state index contributed by atoms with van der Waals surface area (Å²) in [6.07, 6.45) is 2.02. The van der Waals surface area contributed by atoms with Crippen LogP contribution in [-0.4, -0.2) is 29.7 Å². The second-order valence-corrected chi connectivity index (χ2v) is 8.25. The van der Waals surface area contributed by atoms with Gasteiger partial charge in [0.2, 0.25) is 0 Å². The second kappa shape index (κ2) is 7.27. The van der Waals surface area contributed by atoms with Gasteiger partial charge in [0, 0.05) is 17.5 Å². The number of nitrogens with one attached hydrogen (secondary N) is 1. The van der Waals surface area contributed by atoms with Crippen molar-refractivity contribution in [1.29, 1.82) is 0 Å². The molecule has 0 bridgehead atoms. The van der Waals surface area contributed by atoms with Gasteiger partial charge in [0.1, 0.15) is 5.75 Å². The van der Waals surface area contributed by atoms with Crippen LogP contribution in [0.2, 0.25) is 0 Å². The fourth-order valence-electron chi connectivity index (χ4n) is 3.90. The first-order valence-electron chi connectivity index (χ1n) is 8.94. The van der Waals surface area contributed by atoms with Crippen LogP contribution < -0.4 is 5.32 Å². The maximum Gasteiger partial charge on any atom is 0.312 e. The fraction of sp³-hybridized carbons (Fsp3) is 0.500. The monoisotopic (exact) mass is 374 g/mol. The third-order valence-corrected chi connectivity index (χ3v) is 6.68. The number of nitrogens with zero attached hydrogens (tertiary/aromatic N) is 1. The molecule has 6 heteroatoms. The minimum atomic E-state index is -0.462. The molecule has 26 heavy (non-hydrogen) atoms. The van der Waals surface area contributed by atoms with Gasteiger partial charge in [0.15, 0.2) is 5.13 Å². The van der Waals surface area contributed by atoms with Crippen LogP contribution in [0, 0.1) is 24.2 Å². The standard InChI is InChI=1S/C20H26N2O3S/c1-12-5-8-17(23)15(9-12)16-11-26-19(22-16)21-10-14-7-6-13(2)20(14,3)18(24)25-4/h5,8-9,11,13-14,23H,6-7,10H2,1-4H3,(H,21,22)/t13-,14?,20?/m1/s1. The molecule has 0 aliphatic heterocycles. The molecule has 5 nitrogen and oxygen atoms in total. The number of hydrogen-bond donors (Lipinski definition) is 2. The van der Waals surface area contributed by atoms with E-state index < -0.39 is 5.41 Å². The summed E-state index contributed by atoms with van der Waals surface area (Å²) in [4.78, 5) is 16.9. The number of anilines is 1. The van der Waals surface area contributed by atoms with E-state index in [-0.39, 0.29) is 17.6 Å². The summed E-state index contributed by atoms with van der Waals surface area (Å²) in [5.41, 5.74) is 2.11. The number of phenolic OH excluding ortho intramolecular Hbond substituents is 1. The van der Waals surface area contributed by atoms with Gasteiger partial charge in [-0.1, -0.05) is 18.6 Å². The van der Waals surface area contributed by atoms with Gasteiger partial charge < -0.3 is 15.2 Å². The van der Waals surface area contributed by atoms with Gasteiger partial charge in [-0.05, 0) is 50.7 Å². The van der Waals surface area contributed by atoms with Crippen molar-refractivity contribution < 1.29 is 14.6 Å². The largest absolute Gasteiger partial charge is 0.507 e. The third-order valence-electron chi connectivity index (χ3n) is 5.88. The van der Waals surface area contributed by atoms with Crippen LogP contribution in [0.3, 0.4) is 0 Å². The summed E-state index contributed by atoms with van der Waals surface area (Å²) >= 11 is 1.51. The predicted octanol–water partition coefficient (Wildman–Crippen LogP) is 4.46. The van der Waals surface area contributed by atoms with Crippen LogP contribution in [0.1, 0.15) is 32.3 Å². The number of ether oxygens (including phenoxy) is 1. The Bertz CT molecular complexity index is 804. The number of hydrogen-bond acceptors (Lipinski definition) is 6. The molecule has 1 saturated carbocycles. The van der Waals surface area contributed by atoms with E-state index in [4.69, 9.17) is 4.74 Å². The number of thiazole rings is 1. The lowest BCUT2D eigenvalue weighted by Gasteiger charge is -2.32. The molecular weight excluding hydrogens is 348 g/mol. The van der Waals surface area contributed by atoms with E-state index >= 15 is 0 Å². The maximum absolute atomic E-state index is 12.3. The first-order valence-corrected chi connectivity index (χ1v) is 9.82. The summed E-state index contributed by atoms with van der Waals surface area (Å²) in [6.45, 7) is 6.81. The molecule has 0 radical (unpaired) electrons. The highest BCUT2D eigenvalue weighted by Crippen LogP contribution is 2.48. The molecule has 0 amide bonds. The molecule has 2 aromatic rings. The molecule has 1 heterocycles. The molecule has 2 unspecified atom stereocenters. The van der Waals surface area contributed by atoms with Crippen molar-refractivity contribution in [2.75, 3.05) is 19.0 Å². The van der Waals surface area contributed by atoms with Crippen molar-refractivity contribution in [3.63, 3.8) is 0 Å². The number of phenols is 1. The van der Waals surface area contributed by atoms with Crippen molar-refractivity contribution in [3.8, 4) is 17.0 Å². The van der Waals surface area contributed by atoms with Gasteiger partial charge in [-0.15, -0.1) is 11.3 Å². The topological polar surface area (TPSA) is 71.5 Å². The number of rotatable bonds is 5. The molecule has 1 aromatic carbocycles. The Balaban J connectivity index is 1.72. The van der Waals surface area contributed by atoms with E-state index in [0.29, 0.717) is 12.5 Å². The average molecular weight is 375 g/mol. The van der Waals surface area contributed by atoms with Crippen LogP contribution in [0.25, 0.3) is 11.3 Å². The Hall–Kier alpha value is -2.08. The number of esters is 1. The minimum Gasteiger partial charge on any atom is -0.507 e. The molecule has 1 aliphatic rings. The highest BCUT2D eigenvalue weighted by atomic mass is 32.1. The fourth-order valence-corrected chi connectivity index (χ4v) is 4.62. The lowest BCUT2D eigenvalue weighted by Crippen LogP contribution is -2.40. The number of carbonyl (C=O) groups excluding carboxylic acids is 1. The minimum absolute atomic E-state index is 0.126. The average Bonchev–Trinajstić information content (AvgIpc) is 3.21. The van der Waals surface area contributed by atoms with E-state index in [2.05, 4.69) is 17.2 Å². The van der Waals surface area contributed by atoms with Crippen LogP contribution in [0.4, 0.5) is 5.13 Å². The Morgan fingerprint density at radius 2 is 2.23 bits per heavy atom.